The summed E-state index contributed by atoms with van der Waals surface area (Å²) in [4.78, 5) is 62.7. The van der Waals surface area contributed by atoms with E-state index in [9.17, 15) is 39.3 Å². The lowest BCUT2D eigenvalue weighted by Gasteiger charge is -2.25. The fourth-order valence-electron chi connectivity index (χ4n) is 3.75. The quantitative estimate of drug-likeness (QED) is 0.123. The van der Waals surface area contributed by atoms with Gasteiger partial charge in [-0.3, -0.25) is 19.2 Å². The van der Waals surface area contributed by atoms with Crippen LogP contribution in [-0.4, -0.2) is 81.1 Å². The predicted octanol–water partition coefficient (Wildman–Crippen LogP) is -0.622. The van der Waals surface area contributed by atoms with Gasteiger partial charge in [0.05, 0.1) is 12.5 Å². The Morgan fingerprint density at radius 3 is 1.66 bits per heavy atom. The molecule has 4 atom stereocenters. The molecule has 0 aliphatic heterocycles. The first-order chi connectivity index (χ1) is 19.4. The van der Waals surface area contributed by atoms with Crippen LogP contribution in [0.15, 0.2) is 48.5 Å². The van der Waals surface area contributed by atoms with Crippen LogP contribution in [0.25, 0.3) is 0 Å². The molecule has 41 heavy (non-hydrogen) atoms. The number of benzene rings is 2. The van der Waals surface area contributed by atoms with Gasteiger partial charge >= 0.3 is 5.97 Å². The van der Waals surface area contributed by atoms with Crippen molar-refractivity contribution < 1.29 is 39.3 Å². The largest absolute Gasteiger partial charge is 0.508 e. The Morgan fingerprint density at radius 1 is 0.756 bits per heavy atom. The number of rotatable bonds is 16. The Kier molecular flexibility index (Phi) is 12.9. The topological polar surface area (TPSA) is 234 Å². The van der Waals surface area contributed by atoms with Crippen molar-refractivity contribution >= 4 is 41.4 Å². The summed E-state index contributed by atoms with van der Waals surface area (Å²) in [5.74, 6) is -4.10. The average Bonchev–Trinajstić information content (AvgIpc) is 2.92. The standard InChI is InChI=1S/C27H35N5O8S/c1-41-11-10-19(28)24(36)30-21(14-23(29)35)26(38)31-20(12-15-2-6-17(33)7-3-15)25(37)32-22(27(39)40)13-16-4-8-18(34)9-5-16/h2-9,19-22,33-34H,10-14,28H2,1H3,(H2,29,35)(H,30,36)(H,31,38)(H,32,37)(H,39,40). The van der Waals surface area contributed by atoms with Gasteiger partial charge in [-0.15, -0.1) is 0 Å². The number of carboxylic acids is 1. The van der Waals surface area contributed by atoms with Gasteiger partial charge in [0.1, 0.15) is 29.6 Å². The smallest absolute Gasteiger partial charge is 0.326 e. The Balaban J connectivity index is 2.27. The molecule has 0 bridgehead atoms. The summed E-state index contributed by atoms with van der Waals surface area (Å²) in [6, 6.07) is 6.44. The highest BCUT2D eigenvalue weighted by molar-refractivity contribution is 7.98. The van der Waals surface area contributed by atoms with Crippen molar-refractivity contribution in [2.45, 2.75) is 49.9 Å². The van der Waals surface area contributed by atoms with Crippen LogP contribution < -0.4 is 27.4 Å². The van der Waals surface area contributed by atoms with Crippen molar-refractivity contribution in [1.29, 1.82) is 0 Å². The zero-order valence-electron chi connectivity index (χ0n) is 22.4. The molecule has 2 rings (SSSR count). The van der Waals surface area contributed by atoms with Gasteiger partial charge < -0.3 is 42.7 Å². The number of phenolic OH excluding ortho intramolecular Hbond substituents is 2. The third kappa shape index (κ3) is 11.4. The predicted molar refractivity (Wildman–Crippen MR) is 152 cm³/mol. The number of aliphatic carboxylic acids is 1. The molecular formula is C27H35N5O8S. The highest BCUT2D eigenvalue weighted by atomic mass is 32.2. The molecule has 2 aromatic rings. The number of hydrogen-bond acceptors (Lipinski definition) is 9. The number of nitrogens with one attached hydrogen (secondary N) is 3. The number of thioether (sulfide) groups is 1. The number of carbonyl (C=O) groups is 5. The third-order valence-corrected chi connectivity index (χ3v) is 6.65. The Morgan fingerprint density at radius 2 is 1.20 bits per heavy atom. The minimum absolute atomic E-state index is 0.0100. The maximum absolute atomic E-state index is 13.3. The van der Waals surface area contributed by atoms with Crippen molar-refractivity contribution in [2.24, 2.45) is 11.5 Å². The van der Waals surface area contributed by atoms with Crippen LogP contribution in [0.2, 0.25) is 0 Å². The van der Waals surface area contributed by atoms with E-state index in [1.165, 1.54) is 60.3 Å². The first-order valence-electron chi connectivity index (χ1n) is 12.6. The van der Waals surface area contributed by atoms with E-state index in [1.54, 1.807) is 0 Å². The van der Waals surface area contributed by atoms with Crippen molar-refractivity contribution in [3.8, 4) is 11.5 Å². The summed E-state index contributed by atoms with van der Waals surface area (Å²) in [5.41, 5.74) is 12.2. The molecule has 0 heterocycles. The summed E-state index contributed by atoms with van der Waals surface area (Å²) in [7, 11) is 0. The number of nitrogens with two attached hydrogens (primary N) is 2. The zero-order chi connectivity index (χ0) is 30.5. The van der Waals surface area contributed by atoms with Crippen LogP contribution in [-0.2, 0) is 36.8 Å². The van der Waals surface area contributed by atoms with Gasteiger partial charge in [-0.05, 0) is 53.8 Å². The molecule has 0 saturated heterocycles. The molecule has 0 saturated carbocycles. The van der Waals surface area contributed by atoms with Crippen LogP contribution in [0.3, 0.4) is 0 Å². The first kappa shape index (κ1) is 32.9. The summed E-state index contributed by atoms with van der Waals surface area (Å²) in [5, 5.41) is 36.1. The normalized spacial score (nSPS) is 13.7. The summed E-state index contributed by atoms with van der Waals surface area (Å²) >= 11 is 1.48. The van der Waals surface area contributed by atoms with Gasteiger partial charge in [0.15, 0.2) is 0 Å². The highest BCUT2D eigenvalue weighted by Crippen LogP contribution is 2.14. The van der Waals surface area contributed by atoms with Crippen LogP contribution >= 0.6 is 11.8 Å². The first-order valence-corrected chi connectivity index (χ1v) is 14.0. The molecule has 0 spiro atoms. The van der Waals surface area contributed by atoms with E-state index < -0.39 is 60.2 Å². The highest BCUT2D eigenvalue weighted by Gasteiger charge is 2.31. The molecule has 0 fully saturated rings. The maximum Gasteiger partial charge on any atom is 0.326 e. The van der Waals surface area contributed by atoms with Gasteiger partial charge in [-0.2, -0.15) is 11.8 Å². The lowest BCUT2D eigenvalue weighted by molar-refractivity contribution is -0.142. The number of hydrogen-bond donors (Lipinski definition) is 8. The molecule has 0 aliphatic rings. The molecule has 10 N–H and O–H groups in total. The van der Waals surface area contributed by atoms with Crippen LogP contribution in [0.5, 0.6) is 11.5 Å². The summed E-state index contributed by atoms with van der Waals surface area (Å²) in [6.45, 7) is 0. The number of carboxylic acid groups (broad SMARTS) is 1. The molecule has 0 aliphatic carbocycles. The third-order valence-electron chi connectivity index (χ3n) is 6.01. The van der Waals surface area contributed by atoms with E-state index in [2.05, 4.69) is 16.0 Å². The summed E-state index contributed by atoms with van der Waals surface area (Å²) < 4.78 is 0. The fraction of sp³-hybridized carbons (Fsp3) is 0.370. The van der Waals surface area contributed by atoms with Crippen molar-refractivity contribution in [3.63, 3.8) is 0 Å². The molecular weight excluding hydrogens is 554 g/mol. The van der Waals surface area contributed by atoms with E-state index in [1.807, 2.05) is 6.26 Å². The van der Waals surface area contributed by atoms with E-state index in [4.69, 9.17) is 11.5 Å². The van der Waals surface area contributed by atoms with Gasteiger partial charge in [-0.25, -0.2) is 4.79 Å². The molecule has 13 nitrogen and oxygen atoms in total. The molecule has 4 amide bonds. The van der Waals surface area contributed by atoms with Crippen molar-refractivity contribution in [2.75, 3.05) is 12.0 Å². The Bertz CT molecular complexity index is 1210. The maximum atomic E-state index is 13.3. The molecule has 4 unspecified atom stereocenters. The molecule has 0 aromatic heterocycles. The van der Waals surface area contributed by atoms with Crippen molar-refractivity contribution in [1.82, 2.24) is 16.0 Å². The molecule has 222 valence electrons. The minimum Gasteiger partial charge on any atom is -0.508 e. The zero-order valence-corrected chi connectivity index (χ0v) is 23.2. The fourth-order valence-corrected chi connectivity index (χ4v) is 4.24. The second-order valence-electron chi connectivity index (χ2n) is 9.32. The molecule has 2 aromatic carbocycles. The lowest BCUT2D eigenvalue weighted by Crippen LogP contribution is -2.58. The number of carbonyl (C=O) groups excluding carboxylic acids is 4. The van der Waals surface area contributed by atoms with Crippen molar-refractivity contribution in [3.05, 3.63) is 59.7 Å². The van der Waals surface area contributed by atoms with Gasteiger partial charge in [-0.1, -0.05) is 24.3 Å². The van der Waals surface area contributed by atoms with Crippen LogP contribution in [0.4, 0.5) is 0 Å². The lowest BCUT2D eigenvalue weighted by atomic mass is 10.0. The van der Waals surface area contributed by atoms with E-state index in [-0.39, 0.29) is 24.3 Å². The molecule has 14 heteroatoms. The number of phenols is 2. The Labute approximate surface area is 241 Å². The average molecular weight is 590 g/mol. The second kappa shape index (κ2) is 16.1. The van der Waals surface area contributed by atoms with E-state index in [0.29, 0.717) is 23.3 Å². The van der Waals surface area contributed by atoms with Gasteiger partial charge in [0.2, 0.25) is 23.6 Å². The summed E-state index contributed by atoms with van der Waals surface area (Å²) in [6.07, 6.45) is 1.36. The van der Waals surface area contributed by atoms with Gasteiger partial charge in [0.25, 0.3) is 0 Å². The van der Waals surface area contributed by atoms with E-state index in [0.717, 1.165) is 0 Å². The minimum atomic E-state index is -1.44. The van der Waals surface area contributed by atoms with Gasteiger partial charge in [0, 0.05) is 12.8 Å². The van der Waals surface area contributed by atoms with Crippen LogP contribution in [0, 0.1) is 0 Å². The number of aromatic hydroxyl groups is 2. The molecule has 0 radical (unpaired) electrons. The SMILES string of the molecule is CSCCC(N)C(=O)NC(CC(N)=O)C(=O)NC(Cc1ccc(O)cc1)C(=O)NC(Cc1ccc(O)cc1)C(=O)O. The number of primary amides is 1. The monoisotopic (exact) mass is 589 g/mol. The Hall–Kier alpha value is -4.30. The van der Waals surface area contributed by atoms with E-state index >= 15 is 0 Å². The van der Waals surface area contributed by atoms with Crippen LogP contribution in [0.1, 0.15) is 24.0 Å². The number of amides is 4. The second-order valence-corrected chi connectivity index (χ2v) is 10.3.